The van der Waals surface area contributed by atoms with Crippen molar-refractivity contribution in [2.24, 2.45) is 0 Å². The summed E-state index contributed by atoms with van der Waals surface area (Å²) in [5, 5.41) is 0. The number of hydrogen-bond donors (Lipinski definition) is 0. The summed E-state index contributed by atoms with van der Waals surface area (Å²) in [4.78, 5) is 0. The predicted molar refractivity (Wildman–Crippen MR) is 192 cm³/mol. The van der Waals surface area contributed by atoms with E-state index in [0.717, 1.165) is 85.4 Å². The SMILES string of the molecule is CCOc1c2cc(Br)cc1Cc1cc(Br)cc(c1OCC)Cc1cc(Br)cc(c1OCC)Cc1cc(Br)cc(c1OCC)C2. The normalized spacial score (nSPS) is 12.5. The highest BCUT2D eigenvalue weighted by atomic mass is 79.9. The monoisotopic (exact) mass is 848 g/mol. The van der Waals surface area contributed by atoms with Gasteiger partial charge in [-0.05, 0) is 76.2 Å². The van der Waals surface area contributed by atoms with E-state index in [-0.39, 0.29) is 0 Å². The van der Waals surface area contributed by atoms with E-state index in [2.05, 4.69) is 112 Å². The Morgan fingerprint density at radius 1 is 0.364 bits per heavy atom. The van der Waals surface area contributed by atoms with E-state index in [9.17, 15) is 0 Å². The van der Waals surface area contributed by atoms with Gasteiger partial charge < -0.3 is 18.9 Å². The molecule has 232 valence electrons. The van der Waals surface area contributed by atoms with Crippen molar-refractivity contribution in [3.8, 4) is 23.0 Å². The molecular weight excluding hydrogens is 816 g/mol. The van der Waals surface area contributed by atoms with Gasteiger partial charge >= 0.3 is 0 Å². The van der Waals surface area contributed by atoms with E-state index < -0.39 is 0 Å². The highest BCUT2D eigenvalue weighted by molar-refractivity contribution is 9.11. The molecule has 0 amide bonds. The van der Waals surface area contributed by atoms with Crippen LogP contribution in [0.2, 0.25) is 0 Å². The van der Waals surface area contributed by atoms with Crippen molar-refractivity contribution in [1.82, 2.24) is 0 Å². The summed E-state index contributed by atoms with van der Waals surface area (Å²) in [6, 6.07) is 17.3. The lowest BCUT2D eigenvalue weighted by atomic mass is 9.91. The molecule has 0 spiro atoms. The van der Waals surface area contributed by atoms with E-state index in [1.165, 1.54) is 0 Å². The fourth-order valence-electron chi connectivity index (χ4n) is 6.04. The van der Waals surface area contributed by atoms with Gasteiger partial charge in [-0.15, -0.1) is 0 Å². The van der Waals surface area contributed by atoms with Crippen molar-refractivity contribution in [2.45, 2.75) is 53.4 Å². The van der Waals surface area contributed by atoms with Crippen molar-refractivity contribution in [3.63, 3.8) is 0 Å². The maximum absolute atomic E-state index is 6.41. The fourth-order valence-corrected chi connectivity index (χ4v) is 8.25. The van der Waals surface area contributed by atoms with Crippen molar-refractivity contribution in [2.75, 3.05) is 26.4 Å². The molecule has 4 aromatic carbocycles. The van der Waals surface area contributed by atoms with E-state index in [1.807, 2.05) is 27.7 Å². The Labute approximate surface area is 294 Å². The van der Waals surface area contributed by atoms with Gasteiger partial charge in [-0.25, -0.2) is 0 Å². The zero-order chi connectivity index (χ0) is 31.4. The standard InChI is InChI=1S/C36H36Br4O4/c1-5-41-33-21-9-23-15-30(38)17-25(34(23)42-6-2)11-27-19-32(40)20-28(36(27)44-8-4)12-26-18-31(39)16-24(35(26)43-7-3)10-22(33)14-29(37)13-21/h13-20H,5-12H2,1-4H3. The number of rotatable bonds is 8. The largest absolute Gasteiger partial charge is 0.493 e. The molecule has 0 saturated heterocycles. The zero-order valence-electron chi connectivity index (χ0n) is 25.4. The molecular formula is C36H36Br4O4. The molecule has 1 aliphatic carbocycles. The van der Waals surface area contributed by atoms with Gasteiger partial charge in [0, 0.05) is 88.1 Å². The van der Waals surface area contributed by atoms with Crippen molar-refractivity contribution >= 4 is 63.7 Å². The molecule has 0 heterocycles. The number of halogens is 4. The second-order valence-corrected chi connectivity index (χ2v) is 14.3. The van der Waals surface area contributed by atoms with Gasteiger partial charge in [-0.1, -0.05) is 63.7 Å². The molecule has 8 bridgehead atoms. The minimum atomic E-state index is 0.565. The minimum Gasteiger partial charge on any atom is -0.493 e. The minimum absolute atomic E-state index is 0.565. The van der Waals surface area contributed by atoms with Gasteiger partial charge in [-0.2, -0.15) is 0 Å². The third kappa shape index (κ3) is 7.51. The summed E-state index contributed by atoms with van der Waals surface area (Å²) in [6.07, 6.45) is 2.59. The van der Waals surface area contributed by atoms with E-state index in [1.54, 1.807) is 0 Å². The van der Waals surface area contributed by atoms with Crippen molar-refractivity contribution in [3.05, 3.63) is 111 Å². The lowest BCUT2D eigenvalue weighted by molar-refractivity contribution is 0.326. The summed E-state index contributed by atoms with van der Waals surface area (Å²) in [7, 11) is 0. The van der Waals surface area contributed by atoms with Crippen LogP contribution in [0.25, 0.3) is 0 Å². The first-order chi connectivity index (χ1) is 21.2. The molecule has 0 aromatic heterocycles. The summed E-state index contributed by atoms with van der Waals surface area (Å²) in [6.45, 7) is 10.4. The number of benzene rings is 4. The molecule has 0 unspecified atom stereocenters. The molecule has 0 N–H and O–H groups in total. The Morgan fingerprint density at radius 2 is 0.523 bits per heavy atom. The van der Waals surface area contributed by atoms with Gasteiger partial charge in [0.05, 0.1) is 26.4 Å². The Kier molecular flexibility index (Phi) is 11.4. The molecule has 4 nitrogen and oxygen atoms in total. The first kappa shape index (κ1) is 33.4. The predicted octanol–water partition coefficient (Wildman–Crippen LogP) is 11.0. The molecule has 0 aliphatic heterocycles. The molecule has 1 aliphatic rings. The summed E-state index contributed by atoms with van der Waals surface area (Å²) < 4.78 is 29.7. The quantitative estimate of drug-likeness (QED) is 0.156. The van der Waals surface area contributed by atoms with Gasteiger partial charge in [0.15, 0.2) is 0 Å². The third-order valence-electron chi connectivity index (χ3n) is 7.51. The highest BCUT2D eigenvalue weighted by Crippen LogP contribution is 2.42. The molecule has 4 aromatic rings. The van der Waals surface area contributed by atoms with Crippen molar-refractivity contribution in [1.29, 1.82) is 0 Å². The van der Waals surface area contributed by atoms with Crippen LogP contribution in [0.5, 0.6) is 23.0 Å². The Morgan fingerprint density at radius 3 is 0.659 bits per heavy atom. The molecule has 5 rings (SSSR count). The summed E-state index contributed by atoms with van der Waals surface area (Å²) >= 11 is 15.3. The van der Waals surface area contributed by atoms with Gasteiger partial charge in [0.25, 0.3) is 0 Å². The summed E-state index contributed by atoms with van der Waals surface area (Å²) in [5.41, 5.74) is 8.79. The molecule has 0 atom stereocenters. The number of hydrogen-bond acceptors (Lipinski definition) is 4. The topological polar surface area (TPSA) is 36.9 Å². The lowest BCUT2D eigenvalue weighted by Crippen LogP contribution is -2.09. The fraction of sp³-hybridized carbons (Fsp3) is 0.333. The van der Waals surface area contributed by atoms with Crippen LogP contribution >= 0.6 is 63.7 Å². The van der Waals surface area contributed by atoms with Crippen molar-refractivity contribution < 1.29 is 18.9 Å². The third-order valence-corrected chi connectivity index (χ3v) is 9.34. The zero-order valence-corrected chi connectivity index (χ0v) is 31.8. The number of ether oxygens (including phenoxy) is 4. The summed E-state index contributed by atoms with van der Waals surface area (Å²) in [5.74, 6) is 3.62. The molecule has 0 fully saturated rings. The number of fused-ring (bicyclic) bond motifs is 8. The van der Waals surface area contributed by atoms with Gasteiger partial charge in [-0.3, -0.25) is 0 Å². The van der Waals surface area contributed by atoms with Crippen LogP contribution in [0.1, 0.15) is 72.2 Å². The van der Waals surface area contributed by atoms with Crippen LogP contribution in [0.15, 0.2) is 66.4 Å². The van der Waals surface area contributed by atoms with Gasteiger partial charge in [0.2, 0.25) is 0 Å². The highest BCUT2D eigenvalue weighted by Gasteiger charge is 2.23. The second-order valence-electron chi connectivity index (χ2n) is 10.7. The maximum Gasteiger partial charge on any atom is 0.126 e. The molecule has 8 heteroatoms. The van der Waals surface area contributed by atoms with E-state index in [0.29, 0.717) is 52.1 Å². The van der Waals surface area contributed by atoms with Crippen LogP contribution in [-0.4, -0.2) is 26.4 Å². The Balaban J connectivity index is 1.85. The Bertz CT molecular complexity index is 1330. The average molecular weight is 852 g/mol. The van der Waals surface area contributed by atoms with Crippen LogP contribution < -0.4 is 18.9 Å². The molecule has 0 saturated carbocycles. The molecule has 0 radical (unpaired) electrons. The maximum atomic E-state index is 6.41. The second kappa shape index (κ2) is 15.1. The smallest absolute Gasteiger partial charge is 0.126 e. The lowest BCUT2D eigenvalue weighted by Gasteiger charge is -2.23. The average Bonchev–Trinajstić information content (AvgIpc) is 2.95. The van der Waals surface area contributed by atoms with Crippen LogP contribution in [0, 0.1) is 0 Å². The van der Waals surface area contributed by atoms with Crippen LogP contribution in [-0.2, 0) is 25.7 Å². The molecule has 44 heavy (non-hydrogen) atoms. The van der Waals surface area contributed by atoms with E-state index in [4.69, 9.17) is 18.9 Å². The first-order valence-corrected chi connectivity index (χ1v) is 18.2. The van der Waals surface area contributed by atoms with Gasteiger partial charge in [0.1, 0.15) is 23.0 Å². The Hall–Kier alpha value is -2.00. The van der Waals surface area contributed by atoms with Crippen LogP contribution in [0.3, 0.4) is 0 Å². The van der Waals surface area contributed by atoms with E-state index >= 15 is 0 Å². The first-order valence-electron chi connectivity index (χ1n) is 15.0. The van der Waals surface area contributed by atoms with Crippen LogP contribution in [0.4, 0.5) is 0 Å².